The number of phenolic OH excluding ortho intramolecular Hbond substituents is 1. The van der Waals surface area contributed by atoms with E-state index in [0.29, 0.717) is 34.3 Å². The predicted octanol–water partition coefficient (Wildman–Crippen LogP) is 6.27. The number of hydrogen-bond donors (Lipinski definition) is 4. The molecule has 0 spiro atoms. The Morgan fingerprint density at radius 1 is 1.00 bits per heavy atom. The van der Waals surface area contributed by atoms with Crippen LogP contribution in [0.25, 0.3) is 11.0 Å². The molecule has 62 heavy (non-hydrogen) atoms. The second-order valence-corrected chi connectivity index (χ2v) is 18.9. The second-order valence-electron chi connectivity index (χ2n) is 13.8. The molecule has 16 nitrogen and oxygen atoms in total. The van der Waals surface area contributed by atoms with Crippen molar-refractivity contribution in [2.24, 2.45) is 0 Å². The fourth-order valence-corrected chi connectivity index (χ4v) is 8.76. The van der Waals surface area contributed by atoms with Gasteiger partial charge in [-0.05, 0) is 81.4 Å². The summed E-state index contributed by atoms with van der Waals surface area (Å²) in [6, 6.07) is 23.5. The number of methoxy groups -OCH3 is 2. The number of aromatic hydroxyl groups is 1. The summed E-state index contributed by atoms with van der Waals surface area (Å²) in [5.41, 5.74) is 6.10. The van der Waals surface area contributed by atoms with Gasteiger partial charge < -0.3 is 28.6 Å². The number of aryl methyl sites for hydroxylation is 2. The molecule has 0 fully saturated rings. The number of aromatic nitrogens is 3. The molecule has 3 heterocycles. The number of nitrogens with zero attached hydrogens (tertiary/aromatic N) is 5. The maximum atomic E-state index is 12.6. The zero-order chi connectivity index (χ0) is 45.1. The van der Waals surface area contributed by atoms with Crippen molar-refractivity contribution in [2.75, 3.05) is 46.3 Å². The van der Waals surface area contributed by atoms with E-state index in [1.807, 2.05) is 6.07 Å². The molecule has 0 radical (unpaired) electrons. The summed E-state index contributed by atoms with van der Waals surface area (Å²) in [5, 5.41) is 20.3. The fourth-order valence-electron chi connectivity index (χ4n) is 6.40. The van der Waals surface area contributed by atoms with E-state index in [1.165, 1.54) is 61.1 Å². The molecular formula is C41H44AsClF2N6O10S. The van der Waals surface area contributed by atoms with Crippen LogP contribution in [0.15, 0.2) is 96.3 Å². The zero-order valence-electron chi connectivity index (χ0n) is 33.9. The van der Waals surface area contributed by atoms with Crippen molar-refractivity contribution in [1.82, 2.24) is 19.9 Å². The van der Waals surface area contributed by atoms with Gasteiger partial charge in [0.2, 0.25) is 0 Å². The SMILES string of the molecule is CN(C)CCCN1c2ccccc2CCc2ccc(Cl)cc21.COc1ccnc(C[S+]([O-])c2nc3cc(OC(F)F)ccc3[nH]2)c1OC.O=[N+]([O-])c1cc([As](=O)(O)O)ccc1O. The van der Waals surface area contributed by atoms with E-state index in [-0.39, 0.29) is 16.7 Å². The molecule has 1 aliphatic rings. The van der Waals surface area contributed by atoms with E-state index in [9.17, 15) is 27.2 Å². The number of aromatic amines is 1. The molecule has 0 saturated heterocycles. The summed E-state index contributed by atoms with van der Waals surface area (Å²) in [6.45, 7) is -0.816. The molecule has 1 atom stereocenters. The number of pyridine rings is 1. The first-order valence-electron chi connectivity index (χ1n) is 18.7. The van der Waals surface area contributed by atoms with E-state index in [4.69, 9.17) is 34.4 Å². The van der Waals surface area contributed by atoms with E-state index in [0.717, 1.165) is 49.5 Å². The minimum absolute atomic E-state index is 0.0209. The number of rotatable bonds is 13. The fraction of sp³-hybridized carbons (Fsp3) is 0.268. The van der Waals surface area contributed by atoms with Gasteiger partial charge in [-0.3, -0.25) is 9.97 Å². The number of ether oxygens (including phenoxy) is 3. The third-order valence-corrected chi connectivity index (χ3v) is 12.7. The summed E-state index contributed by atoms with van der Waals surface area (Å²) in [7, 11) is 7.22. The Kier molecular flexibility index (Phi) is 16.6. The van der Waals surface area contributed by atoms with Crippen LogP contribution in [-0.4, -0.2) is 105 Å². The first-order valence-corrected chi connectivity index (χ1v) is 23.8. The topological polar surface area (TPSA) is 220 Å². The molecule has 1 unspecified atom stereocenters. The van der Waals surface area contributed by atoms with Crippen LogP contribution in [-0.2, 0) is 33.5 Å². The van der Waals surface area contributed by atoms with Crippen LogP contribution >= 0.6 is 11.6 Å². The average Bonchev–Trinajstić information content (AvgIpc) is 3.59. The van der Waals surface area contributed by atoms with Gasteiger partial charge in [-0.2, -0.15) is 13.8 Å². The summed E-state index contributed by atoms with van der Waals surface area (Å²) < 4.78 is 79.9. The van der Waals surface area contributed by atoms with Gasteiger partial charge in [-0.1, -0.05) is 35.9 Å². The quantitative estimate of drug-likeness (QED) is 0.0434. The van der Waals surface area contributed by atoms with Crippen LogP contribution < -0.4 is 23.5 Å². The maximum absolute atomic E-state index is 12.6. The number of hydrogen-bond acceptors (Lipinski definition) is 12. The number of H-pyrrole nitrogens is 1. The molecule has 1 aliphatic heterocycles. The Morgan fingerprint density at radius 2 is 1.73 bits per heavy atom. The van der Waals surface area contributed by atoms with Crippen LogP contribution in [0.4, 0.5) is 25.8 Å². The van der Waals surface area contributed by atoms with Gasteiger partial charge in [0.1, 0.15) is 11.4 Å². The van der Waals surface area contributed by atoms with Gasteiger partial charge in [0.15, 0.2) is 17.3 Å². The summed E-state index contributed by atoms with van der Waals surface area (Å²) in [6.07, 6.45) is 4.83. The van der Waals surface area contributed by atoms with Crippen LogP contribution in [0.5, 0.6) is 23.0 Å². The molecule has 6 aromatic rings. The Morgan fingerprint density at radius 3 is 2.39 bits per heavy atom. The van der Waals surface area contributed by atoms with Crippen molar-refractivity contribution in [3.63, 3.8) is 0 Å². The monoisotopic (exact) mass is 960 g/mol. The van der Waals surface area contributed by atoms with Gasteiger partial charge in [-0.25, -0.2) is 0 Å². The normalized spacial score (nSPS) is 12.6. The molecule has 4 aromatic carbocycles. The van der Waals surface area contributed by atoms with Gasteiger partial charge in [0.05, 0.1) is 25.3 Å². The number of nitro groups is 1. The number of phenols is 1. The van der Waals surface area contributed by atoms with Crippen molar-refractivity contribution in [2.45, 2.75) is 36.8 Å². The third-order valence-electron chi connectivity index (χ3n) is 9.27. The molecule has 330 valence electrons. The number of nitro benzene ring substituents is 1. The number of anilines is 2. The first-order chi connectivity index (χ1) is 29.5. The molecule has 4 N–H and O–H groups in total. The van der Waals surface area contributed by atoms with Crippen LogP contribution in [0.3, 0.4) is 0 Å². The number of imidazole rings is 1. The number of alkyl halides is 2. The number of benzene rings is 4. The average molecular weight is 961 g/mol. The van der Waals surface area contributed by atoms with E-state index in [2.05, 4.69) is 80.0 Å². The Labute approximate surface area is 366 Å². The molecule has 2 aromatic heterocycles. The van der Waals surface area contributed by atoms with Gasteiger partial charge in [0.25, 0.3) is 0 Å². The van der Waals surface area contributed by atoms with Crippen LogP contribution in [0, 0.1) is 10.1 Å². The van der Waals surface area contributed by atoms with E-state index < -0.39 is 52.7 Å². The van der Waals surface area contributed by atoms with Crippen molar-refractivity contribution in [3.8, 4) is 23.0 Å². The Bertz CT molecular complexity index is 2530. The van der Waals surface area contributed by atoms with Crippen LogP contribution in [0.1, 0.15) is 23.2 Å². The zero-order valence-corrected chi connectivity index (χ0v) is 37.4. The summed E-state index contributed by atoms with van der Waals surface area (Å²) in [5.74, 6) is 0.274. The van der Waals surface area contributed by atoms with Gasteiger partial charge in [0, 0.05) is 52.4 Å². The third kappa shape index (κ3) is 12.6. The van der Waals surface area contributed by atoms with Gasteiger partial charge in [-0.15, -0.1) is 0 Å². The molecular weight excluding hydrogens is 917 g/mol. The number of halogens is 3. The molecule has 0 aliphatic carbocycles. The number of nitrogens with one attached hydrogen (secondary N) is 1. The predicted molar refractivity (Wildman–Crippen MR) is 231 cm³/mol. The standard InChI is InChI=1S/C19H23ClN2.C16H15F2N3O4S.C6H6AsNO6/c1-21(2)12-5-13-22-18-7-4-3-6-15(18)8-9-16-10-11-17(20)14-19(16)22;1-23-13-5-6-19-12(14(13)24-2)8-26(22)16-20-10-4-3-9(25-15(17)18)7-11(10)21-16;9-6-2-1-4(7(10,11)12)3-5(6)8(13)14/h3-4,6-7,10-11,14H,5,8-9,12-13H2,1-2H3;3-7,15H,8H2,1-2H3,(H,20,21);1-3,9H,(H2,10,11,12). The second kappa shape index (κ2) is 21.6. The Hall–Kier alpha value is -5.40. The van der Waals surface area contributed by atoms with Crippen LogP contribution in [0.2, 0.25) is 5.02 Å². The summed E-state index contributed by atoms with van der Waals surface area (Å²) >= 11 is -0.419. The van der Waals surface area contributed by atoms with E-state index >= 15 is 0 Å². The molecule has 0 saturated carbocycles. The van der Waals surface area contributed by atoms with Crippen molar-refractivity contribution >= 4 is 69.4 Å². The van der Waals surface area contributed by atoms with E-state index in [1.54, 1.807) is 6.07 Å². The number of fused-ring (bicyclic) bond motifs is 3. The minimum atomic E-state index is -5.13. The van der Waals surface area contributed by atoms with Gasteiger partial charge >= 0.3 is 92.0 Å². The number of para-hydroxylation sites is 1. The molecule has 0 bridgehead atoms. The molecule has 0 amide bonds. The molecule has 7 rings (SSSR count). The summed E-state index contributed by atoms with van der Waals surface area (Å²) in [4.78, 5) is 25.4. The van der Waals surface area contributed by atoms with Crippen molar-refractivity contribution < 1.29 is 49.5 Å². The van der Waals surface area contributed by atoms with Crippen molar-refractivity contribution in [1.29, 1.82) is 0 Å². The van der Waals surface area contributed by atoms with Crippen molar-refractivity contribution in [3.05, 3.63) is 123 Å². The Balaban J connectivity index is 0.000000184. The molecule has 21 heteroatoms. The first kappa shape index (κ1) is 47.6.